The highest BCUT2D eigenvalue weighted by Gasteiger charge is 2.35. The number of benzene rings is 2. The number of esters is 1. The molecule has 0 aromatic heterocycles. The van der Waals surface area contributed by atoms with Crippen molar-refractivity contribution in [3.63, 3.8) is 0 Å². The first-order valence-electron chi connectivity index (χ1n) is 11.7. The summed E-state index contributed by atoms with van der Waals surface area (Å²) in [4.78, 5) is 27.5. The summed E-state index contributed by atoms with van der Waals surface area (Å²) in [6.07, 6.45) is 4.12. The molecule has 34 heavy (non-hydrogen) atoms. The summed E-state index contributed by atoms with van der Waals surface area (Å²) < 4.78 is 11.3. The van der Waals surface area contributed by atoms with Crippen LogP contribution in [0.15, 0.2) is 78.5 Å². The molecule has 2 aromatic carbocycles. The predicted molar refractivity (Wildman–Crippen MR) is 135 cm³/mol. The number of hydrogen-bond acceptors (Lipinski definition) is 4. The van der Waals surface area contributed by atoms with Gasteiger partial charge in [-0.1, -0.05) is 66.7 Å². The average molecular weight is 462 g/mol. The number of ether oxygens (including phenoxy) is 2. The van der Waals surface area contributed by atoms with E-state index in [1.807, 2.05) is 114 Å². The van der Waals surface area contributed by atoms with Crippen molar-refractivity contribution in [2.45, 2.75) is 71.6 Å². The van der Waals surface area contributed by atoms with Crippen LogP contribution in [-0.2, 0) is 14.3 Å². The summed E-state index contributed by atoms with van der Waals surface area (Å²) in [6, 6.07) is 19.7. The second kappa shape index (κ2) is 10.3. The van der Waals surface area contributed by atoms with Gasteiger partial charge in [0.05, 0.1) is 11.7 Å². The number of carbonyl (C=O) groups is 2. The zero-order valence-electron chi connectivity index (χ0n) is 21.0. The van der Waals surface area contributed by atoms with Gasteiger partial charge >= 0.3 is 12.1 Å². The van der Waals surface area contributed by atoms with E-state index in [-0.39, 0.29) is 18.4 Å². The maximum absolute atomic E-state index is 13.4. The highest BCUT2D eigenvalue weighted by atomic mass is 16.6. The first-order valence-corrected chi connectivity index (χ1v) is 11.7. The van der Waals surface area contributed by atoms with E-state index in [0.29, 0.717) is 6.42 Å². The number of nitrogens with zero attached hydrogens (tertiary/aromatic N) is 1. The minimum Gasteiger partial charge on any atom is -0.460 e. The van der Waals surface area contributed by atoms with Crippen molar-refractivity contribution in [3.05, 3.63) is 89.6 Å². The molecule has 0 fully saturated rings. The van der Waals surface area contributed by atoms with Gasteiger partial charge in [-0.3, -0.25) is 9.69 Å². The molecule has 1 amide bonds. The van der Waals surface area contributed by atoms with E-state index < -0.39 is 17.3 Å². The van der Waals surface area contributed by atoms with Crippen molar-refractivity contribution >= 4 is 17.6 Å². The van der Waals surface area contributed by atoms with E-state index in [1.165, 1.54) is 0 Å². The molecule has 0 radical (unpaired) electrons. The van der Waals surface area contributed by atoms with E-state index in [2.05, 4.69) is 0 Å². The van der Waals surface area contributed by atoms with Crippen LogP contribution in [0, 0.1) is 0 Å². The molecule has 1 aliphatic rings. The first-order chi connectivity index (χ1) is 15.9. The van der Waals surface area contributed by atoms with E-state index in [1.54, 1.807) is 4.90 Å². The predicted octanol–water partition coefficient (Wildman–Crippen LogP) is 6.74. The molecule has 0 saturated carbocycles. The van der Waals surface area contributed by atoms with Crippen LogP contribution in [0.3, 0.4) is 0 Å². The Bertz CT molecular complexity index is 1020. The molecule has 0 N–H and O–H groups in total. The van der Waals surface area contributed by atoms with Crippen molar-refractivity contribution < 1.29 is 19.1 Å². The van der Waals surface area contributed by atoms with Gasteiger partial charge in [0.25, 0.3) is 0 Å². The normalized spacial score (nSPS) is 15.9. The molecule has 3 rings (SSSR count). The van der Waals surface area contributed by atoms with Gasteiger partial charge in [-0.15, -0.1) is 0 Å². The lowest BCUT2D eigenvalue weighted by Gasteiger charge is -2.31. The Morgan fingerprint density at radius 2 is 1.29 bits per heavy atom. The van der Waals surface area contributed by atoms with Gasteiger partial charge in [0.2, 0.25) is 0 Å². The topological polar surface area (TPSA) is 55.8 Å². The second-order valence-electron chi connectivity index (χ2n) is 10.4. The van der Waals surface area contributed by atoms with Crippen LogP contribution in [0.1, 0.15) is 65.5 Å². The first kappa shape index (κ1) is 25.3. The van der Waals surface area contributed by atoms with Gasteiger partial charge in [0.1, 0.15) is 11.2 Å². The summed E-state index contributed by atoms with van der Waals surface area (Å²) in [5, 5.41) is 0. The highest BCUT2D eigenvalue weighted by molar-refractivity contribution is 5.87. The van der Waals surface area contributed by atoms with Crippen LogP contribution in [0.5, 0.6) is 0 Å². The minimum absolute atomic E-state index is 0.199. The zero-order chi connectivity index (χ0) is 24.9. The van der Waals surface area contributed by atoms with Gasteiger partial charge in [0.15, 0.2) is 0 Å². The summed E-state index contributed by atoms with van der Waals surface area (Å²) >= 11 is 0. The monoisotopic (exact) mass is 461 g/mol. The summed E-state index contributed by atoms with van der Waals surface area (Å²) in [5.74, 6) is -0.284. The van der Waals surface area contributed by atoms with E-state index in [0.717, 1.165) is 22.4 Å². The van der Waals surface area contributed by atoms with Crippen molar-refractivity contribution in [1.29, 1.82) is 0 Å². The maximum Gasteiger partial charge on any atom is 0.415 e. The number of amides is 1. The molecule has 0 bridgehead atoms. The van der Waals surface area contributed by atoms with Crippen LogP contribution in [0.4, 0.5) is 4.79 Å². The van der Waals surface area contributed by atoms with Crippen molar-refractivity contribution in [3.8, 4) is 0 Å². The fourth-order valence-electron chi connectivity index (χ4n) is 3.85. The summed E-state index contributed by atoms with van der Waals surface area (Å²) in [7, 11) is 0. The smallest absolute Gasteiger partial charge is 0.415 e. The number of hydrogen-bond donors (Lipinski definition) is 0. The third-order valence-electron chi connectivity index (χ3n) is 5.10. The Balaban J connectivity index is 2.03. The molecule has 1 unspecified atom stereocenters. The van der Waals surface area contributed by atoms with E-state index >= 15 is 0 Å². The van der Waals surface area contributed by atoms with E-state index in [9.17, 15) is 9.59 Å². The van der Waals surface area contributed by atoms with Gasteiger partial charge < -0.3 is 9.47 Å². The fourth-order valence-corrected chi connectivity index (χ4v) is 3.85. The molecule has 1 heterocycles. The third-order valence-corrected chi connectivity index (χ3v) is 5.10. The van der Waals surface area contributed by atoms with Gasteiger partial charge in [-0.25, -0.2) is 4.79 Å². The van der Waals surface area contributed by atoms with E-state index in [4.69, 9.17) is 9.47 Å². The number of rotatable bonds is 5. The standard InChI is InChI=1S/C29H35NO4/c1-28(2,3)33-25(31)20-18-23-17-19-24(30(23)27(32)34-29(4,5)6)26(21-13-9-7-10-14-21)22-15-11-8-12-16-22/h7-17,19,23H,18,20H2,1-6H3. The summed E-state index contributed by atoms with van der Waals surface area (Å²) in [6.45, 7) is 11.1. The molecule has 0 saturated heterocycles. The van der Waals surface area contributed by atoms with Crippen LogP contribution >= 0.6 is 0 Å². The molecular weight excluding hydrogens is 426 g/mol. The van der Waals surface area contributed by atoms with Crippen LogP contribution < -0.4 is 0 Å². The summed E-state index contributed by atoms with van der Waals surface area (Å²) in [5.41, 5.74) is 2.47. The lowest BCUT2D eigenvalue weighted by molar-refractivity contribution is -0.155. The molecule has 5 heteroatoms. The van der Waals surface area contributed by atoms with Crippen molar-refractivity contribution in [2.75, 3.05) is 0 Å². The molecule has 1 aliphatic heterocycles. The largest absolute Gasteiger partial charge is 0.460 e. The Kier molecular flexibility index (Phi) is 7.65. The van der Waals surface area contributed by atoms with Crippen LogP contribution in [0.25, 0.3) is 5.57 Å². The molecule has 1 atom stereocenters. The average Bonchev–Trinajstić information content (AvgIpc) is 3.15. The minimum atomic E-state index is -0.653. The van der Waals surface area contributed by atoms with Crippen molar-refractivity contribution in [1.82, 2.24) is 4.90 Å². The number of carbonyl (C=O) groups excluding carboxylic acids is 2. The molecule has 2 aromatic rings. The molecular formula is C29H35NO4. The quantitative estimate of drug-likeness (QED) is 0.463. The number of allylic oxidation sites excluding steroid dienone is 1. The highest BCUT2D eigenvalue weighted by Crippen LogP contribution is 2.36. The van der Waals surface area contributed by atoms with Crippen LogP contribution in [0.2, 0.25) is 0 Å². The lowest BCUT2D eigenvalue weighted by atomic mass is 9.95. The Labute approximate surface area is 203 Å². The Morgan fingerprint density at radius 1 is 0.794 bits per heavy atom. The second-order valence-corrected chi connectivity index (χ2v) is 10.4. The van der Waals surface area contributed by atoms with Gasteiger partial charge in [0, 0.05) is 12.0 Å². The van der Waals surface area contributed by atoms with Gasteiger partial charge in [-0.05, 0) is 65.2 Å². The Hall–Kier alpha value is -3.34. The molecule has 5 nitrogen and oxygen atoms in total. The molecule has 0 aliphatic carbocycles. The maximum atomic E-state index is 13.4. The SMILES string of the molecule is CC(C)(C)OC(=O)CCC1C=CC(=C(c2ccccc2)c2ccccc2)N1C(=O)OC(C)(C)C. The Morgan fingerprint density at radius 3 is 1.76 bits per heavy atom. The van der Waals surface area contributed by atoms with Crippen LogP contribution in [-0.4, -0.2) is 34.2 Å². The van der Waals surface area contributed by atoms with Gasteiger partial charge in [-0.2, -0.15) is 0 Å². The lowest BCUT2D eigenvalue weighted by Crippen LogP contribution is -2.40. The zero-order valence-corrected chi connectivity index (χ0v) is 21.0. The molecule has 0 spiro atoms. The third kappa shape index (κ3) is 6.83. The van der Waals surface area contributed by atoms with Crippen molar-refractivity contribution in [2.24, 2.45) is 0 Å². The molecule has 180 valence electrons. The fraction of sp³-hybridized carbons (Fsp3) is 0.379.